The third-order valence-electron chi connectivity index (χ3n) is 3.20. The van der Waals surface area contributed by atoms with Gasteiger partial charge in [-0.2, -0.15) is 24.9 Å². The first-order valence-electron chi connectivity index (χ1n) is 7.83. The van der Waals surface area contributed by atoms with Gasteiger partial charge in [0.1, 0.15) is 16.4 Å². The molecule has 2 heterocycles. The second-order valence-electron chi connectivity index (χ2n) is 5.27. The highest BCUT2D eigenvalue weighted by molar-refractivity contribution is 7.98. The quantitative estimate of drug-likeness (QED) is 0.588. The highest BCUT2D eigenvalue weighted by Crippen LogP contribution is 2.25. The van der Waals surface area contributed by atoms with Gasteiger partial charge in [-0.1, -0.05) is 0 Å². The molecule has 6 nitrogen and oxygen atoms in total. The second-order valence-corrected chi connectivity index (χ2v) is 8.06. The summed E-state index contributed by atoms with van der Waals surface area (Å²) in [6.07, 6.45) is -1.83. The maximum absolute atomic E-state index is 12.1. The minimum atomic E-state index is -4.89. The molecule has 2 rings (SSSR count). The Bertz CT molecular complexity index is 776. The first kappa shape index (κ1) is 21.6. The number of aromatic nitrogens is 2. The molecule has 2 aromatic rings. The number of carbonyl (C=O) groups is 2. The van der Waals surface area contributed by atoms with Crippen molar-refractivity contribution in [3.05, 3.63) is 21.5 Å². The topological polar surface area (TPSA) is 84.0 Å². The number of halogens is 3. The third-order valence-corrected chi connectivity index (χ3v) is 5.67. The van der Waals surface area contributed by atoms with E-state index in [-0.39, 0.29) is 18.9 Å². The van der Waals surface area contributed by atoms with Gasteiger partial charge in [0.25, 0.3) is 5.91 Å². The number of hydrogen-bond donors (Lipinski definition) is 2. The Hall–Kier alpha value is -1.66. The summed E-state index contributed by atoms with van der Waals surface area (Å²) >= 11 is 4.24. The van der Waals surface area contributed by atoms with Crippen LogP contribution >= 0.6 is 34.4 Å². The SMILES string of the molecule is CSCCCNC(=O)c1csc(-c2csc(CCNC(=O)C(F)(F)F)n2)n1. The van der Waals surface area contributed by atoms with Gasteiger partial charge < -0.3 is 10.6 Å². The molecule has 0 atom stereocenters. The molecule has 0 saturated carbocycles. The van der Waals surface area contributed by atoms with Crippen molar-refractivity contribution in [3.8, 4) is 10.7 Å². The Morgan fingerprint density at radius 1 is 1.15 bits per heavy atom. The number of rotatable bonds is 9. The lowest BCUT2D eigenvalue weighted by Gasteiger charge is -2.06. The zero-order valence-electron chi connectivity index (χ0n) is 14.3. The van der Waals surface area contributed by atoms with Crippen LogP contribution in [0.4, 0.5) is 13.2 Å². The average Bonchev–Trinajstić information content (AvgIpc) is 3.26. The summed E-state index contributed by atoms with van der Waals surface area (Å²) in [6, 6.07) is 0. The van der Waals surface area contributed by atoms with Crippen LogP contribution in [0.2, 0.25) is 0 Å². The number of hydrogen-bond acceptors (Lipinski definition) is 7. The van der Waals surface area contributed by atoms with E-state index in [0.29, 0.717) is 27.9 Å². The molecule has 0 unspecified atom stereocenters. The summed E-state index contributed by atoms with van der Waals surface area (Å²) in [6.45, 7) is 0.421. The zero-order chi connectivity index (χ0) is 19.9. The van der Waals surface area contributed by atoms with Crippen molar-refractivity contribution in [1.82, 2.24) is 20.6 Å². The summed E-state index contributed by atoms with van der Waals surface area (Å²) in [5.74, 6) is -1.25. The van der Waals surface area contributed by atoms with E-state index >= 15 is 0 Å². The van der Waals surface area contributed by atoms with Crippen molar-refractivity contribution in [2.75, 3.05) is 25.1 Å². The van der Waals surface area contributed by atoms with Crippen LogP contribution in [0.15, 0.2) is 10.8 Å². The number of alkyl halides is 3. The van der Waals surface area contributed by atoms with Crippen LogP contribution < -0.4 is 10.6 Å². The van der Waals surface area contributed by atoms with Gasteiger partial charge in [-0.3, -0.25) is 9.59 Å². The lowest BCUT2D eigenvalue weighted by molar-refractivity contribution is -0.173. The second kappa shape index (κ2) is 10.0. The number of nitrogens with one attached hydrogen (secondary N) is 2. The van der Waals surface area contributed by atoms with Crippen LogP contribution in [0.5, 0.6) is 0 Å². The standard InChI is InChI=1S/C15H17F3N4O2S3/c1-25-6-2-4-19-12(23)9-7-27-13(22-9)10-8-26-11(21-10)3-5-20-14(24)15(16,17)18/h7-8H,2-6H2,1H3,(H,19,23)(H,20,24). The highest BCUT2D eigenvalue weighted by Gasteiger charge is 2.38. The van der Waals surface area contributed by atoms with Crippen molar-refractivity contribution in [1.29, 1.82) is 0 Å². The number of amides is 2. The van der Waals surface area contributed by atoms with E-state index in [1.54, 1.807) is 27.8 Å². The molecule has 27 heavy (non-hydrogen) atoms. The molecular weight excluding hydrogens is 421 g/mol. The number of thioether (sulfide) groups is 1. The van der Waals surface area contributed by atoms with E-state index < -0.39 is 12.1 Å². The van der Waals surface area contributed by atoms with Gasteiger partial charge in [0, 0.05) is 30.3 Å². The van der Waals surface area contributed by atoms with E-state index in [1.807, 2.05) is 6.26 Å². The van der Waals surface area contributed by atoms with Gasteiger partial charge >= 0.3 is 12.1 Å². The molecule has 0 aliphatic rings. The highest BCUT2D eigenvalue weighted by atomic mass is 32.2. The van der Waals surface area contributed by atoms with Crippen LogP contribution in [0, 0.1) is 0 Å². The minimum absolute atomic E-state index is 0.160. The molecule has 12 heteroatoms. The molecular formula is C15H17F3N4O2S3. The Balaban J connectivity index is 1.86. The van der Waals surface area contributed by atoms with Gasteiger partial charge in [0.2, 0.25) is 0 Å². The summed E-state index contributed by atoms with van der Waals surface area (Å²) in [5, 5.41) is 9.10. The molecule has 2 amide bonds. The van der Waals surface area contributed by atoms with Crippen molar-refractivity contribution in [2.45, 2.75) is 19.0 Å². The lowest BCUT2D eigenvalue weighted by atomic mass is 10.4. The molecule has 0 fully saturated rings. The predicted molar refractivity (Wildman–Crippen MR) is 101 cm³/mol. The van der Waals surface area contributed by atoms with Gasteiger partial charge in [-0.15, -0.1) is 22.7 Å². The van der Waals surface area contributed by atoms with Crippen LogP contribution in [0.1, 0.15) is 21.9 Å². The van der Waals surface area contributed by atoms with Gasteiger partial charge in [0.05, 0.1) is 5.01 Å². The Morgan fingerprint density at radius 2 is 1.93 bits per heavy atom. The van der Waals surface area contributed by atoms with Gasteiger partial charge in [0.15, 0.2) is 0 Å². The largest absolute Gasteiger partial charge is 0.471 e. The molecule has 0 saturated heterocycles. The fraction of sp³-hybridized carbons (Fsp3) is 0.467. The monoisotopic (exact) mass is 438 g/mol. The molecule has 2 aromatic heterocycles. The van der Waals surface area contributed by atoms with E-state index in [2.05, 4.69) is 15.3 Å². The maximum atomic E-state index is 12.1. The van der Waals surface area contributed by atoms with E-state index in [9.17, 15) is 22.8 Å². The van der Waals surface area contributed by atoms with Gasteiger partial charge in [-0.05, 0) is 18.4 Å². The fourth-order valence-corrected chi connectivity index (χ4v) is 3.96. The normalized spacial score (nSPS) is 11.4. The molecule has 0 aromatic carbocycles. The number of carbonyl (C=O) groups excluding carboxylic acids is 2. The summed E-state index contributed by atoms with van der Waals surface area (Å²) < 4.78 is 36.4. The summed E-state index contributed by atoms with van der Waals surface area (Å²) in [5.41, 5.74) is 0.870. The van der Waals surface area contributed by atoms with Crippen LogP contribution in [-0.2, 0) is 11.2 Å². The molecule has 148 valence electrons. The molecule has 0 aliphatic carbocycles. The molecule has 0 radical (unpaired) electrons. The Morgan fingerprint density at radius 3 is 2.63 bits per heavy atom. The first-order chi connectivity index (χ1) is 12.8. The molecule has 0 spiro atoms. The number of nitrogens with zero attached hydrogens (tertiary/aromatic N) is 2. The zero-order valence-corrected chi connectivity index (χ0v) is 16.7. The average molecular weight is 439 g/mol. The van der Waals surface area contributed by atoms with E-state index in [0.717, 1.165) is 12.2 Å². The van der Waals surface area contributed by atoms with Gasteiger partial charge in [-0.25, -0.2) is 9.97 Å². The van der Waals surface area contributed by atoms with E-state index in [4.69, 9.17) is 0 Å². The lowest BCUT2D eigenvalue weighted by Crippen LogP contribution is -2.37. The van der Waals surface area contributed by atoms with Crippen molar-refractivity contribution in [2.24, 2.45) is 0 Å². The molecule has 2 N–H and O–H groups in total. The Labute approximate surface area is 166 Å². The van der Waals surface area contributed by atoms with E-state index in [1.165, 1.54) is 22.7 Å². The Kier molecular flexibility index (Phi) is 8.05. The molecule has 0 bridgehead atoms. The maximum Gasteiger partial charge on any atom is 0.471 e. The van der Waals surface area contributed by atoms with Crippen LogP contribution in [0.3, 0.4) is 0 Å². The smallest absolute Gasteiger partial charge is 0.351 e. The predicted octanol–water partition coefficient (Wildman–Crippen LogP) is 2.97. The minimum Gasteiger partial charge on any atom is -0.351 e. The van der Waals surface area contributed by atoms with Crippen molar-refractivity contribution >= 4 is 46.2 Å². The molecule has 0 aliphatic heterocycles. The summed E-state index contributed by atoms with van der Waals surface area (Å²) in [4.78, 5) is 31.3. The van der Waals surface area contributed by atoms with Crippen LogP contribution in [-0.4, -0.2) is 53.1 Å². The van der Waals surface area contributed by atoms with Crippen molar-refractivity contribution < 1.29 is 22.8 Å². The fourth-order valence-electron chi connectivity index (χ4n) is 1.91. The first-order valence-corrected chi connectivity index (χ1v) is 11.0. The third kappa shape index (κ3) is 6.78. The summed E-state index contributed by atoms with van der Waals surface area (Å²) in [7, 11) is 0. The van der Waals surface area contributed by atoms with Crippen molar-refractivity contribution in [3.63, 3.8) is 0 Å². The number of thiazole rings is 2. The van der Waals surface area contributed by atoms with Crippen LogP contribution in [0.25, 0.3) is 10.7 Å².